The van der Waals surface area contributed by atoms with Crippen LogP contribution in [0.25, 0.3) is 0 Å². The van der Waals surface area contributed by atoms with Gasteiger partial charge in [-0.3, -0.25) is 4.68 Å². The van der Waals surface area contributed by atoms with Crippen LogP contribution in [0.15, 0.2) is 6.20 Å². The van der Waals surface area contributed by atoms with Gasteiger partial charge in [0.1, 0.15) is 0 Å². The van der Waals surface area contributed by atoms with Gasteiger partial charge in [-0.1, -0.05) is 0 Å². The molecule has 0 amide bonds. The molecule has 1 aliphatic heterocycles. The van der Waals surface area contributed by atoms with E-state index in [0.29, 0.717) is 18.0 Å². The highest BCUT2D eigenvalue weighted by Crippen LogP contribution is 2.32. The first kappa shape index (κ1) is 9.71. The smallest absolute Gasteiger partial charge is 0.0527 e. The van der Waals surface area contributed by atoms with Gasteiger partial charge in [0.15, 0.2) is 0 Å². The van der Waals surface area contributed by atoms with Crippen LogP contribution in [0, 0.1) is 6.92 Å². The Morgan fingerprint density at radius 1 is 1.50 bits per heavy atom. The standard InChI is InChI=1S/C11H19N3/c1-7-5-10(8(2)13-7)11-6-12-14(4)9(11)3/h6-8,10,13H,5H2,1-4H3. The lowest BCUT2D eigenvalue weighted by Crippen LogP contribution is -2.26. The second-order valence-corrected chi connectivity index (χ2v) is 4.51. The van der Waals surface area contributed by atoms with E-state index in [1.165, 1.54) is 17.7 Å². The van der Waals surface area contributed by atoms with Gasteiger partial charge in [0.05, 0.1) is 6.20 Å². The summed E-state index contributed by atoms with van der Waals surface area (Å²) in [7, 11) is 2.01. The van der Waals surface area contributed by atoms with Crippen LogP contribution in [-0.4, -0.2) is 21.9 Å². The molecule has 2 rings (SSSR count). The first-order valence-electron chi connectivity index (χ1n) is 5.34. The Morgan fingerprint density at radius 3 is 2.64 bits per heavy atom. The van der Waals surface area contributed by atoms with E-state index in [9.17, 15) is 0 Å². The minimum absolute atomic E-state index is 0.577. The van der Waals surface area contributed by atoms with Gasteiger partial charge in [-0.15, -0.1) is 0 Å². The molecular weight excluding hydrogens is 174 g/mol. The van der Waals surface area contributed by atoms with Crippen LogP contribution in [-0.2, 0) is 7.05 Å². The Hall–Kier alpha value is -0.830. The van der Waals surface area contributed by atoms with E-state index in [0.717, 1.165) is 0 Å². The summed E-state index contributed by atoms with van der Waals surface area (Å²) >= 11 is 0. The van der Waals surface area contributed by atoms with Crippen LogP contribution in [0.4, 0.5) is 0 Å². The summed E-state index contributed by atoms with van der Waals surface area (Å²) in [6.07, 6.45) is 3.25. The van der Waals surface area contributed by atoms with Crippen molar-refractivity contribution in [3.63, 3.8) is 0 Å². The van der Waals surface area contributed by atoms with Crippen molar-refractivity contribution in [1.29, 1.82) is 0 Å². The molecule has 0 spiro atoms. The zero-order valence-corrected chi connectivity index (χ0v) is 9.41. The monoisotopic (exact) mass is 193 g/mol. The van der Waals surface area contributed by atoms with Gasteiger partial charge in [0, 0.05) is 30.7 Å². The van der Waals surface area contributed by atoms with Crippen molar-refractivity contribution in [2.45, 2.75) is 45.2 Å². The predicted octanol–water partition coefficient (Wildman–Crippen LogP) is 1.58. The quantitative estimate of drug-likeness (QED) is 0.734. The molecule has 3 unspecified atom stereocenters. The van der Waals surface area contributed by atoms with Crippen LogP contribution >= 0.6 is 0 Å². The number of aromatic nitrogens is 2. The number of hydrogen-bond acceptors (Lipinski definition) is 2. The third-order valence-electron chi connectivity index (χ3n) is 3.43. The van der Waals surface area contributed by atoms with Crippen molar-refractivity contribution in [1.82, 2.24) is 15.1 Å². The molecule has 0 aromatic carbocycles. The molecule has 1 fully saturated rings. The van der Waals surface area contributed by atoms with Gasteiger partial charge in [-0.25, -0.2) is 0 Å². The molecule has 2 heterocycles. The van der Waals surface area contributed by atoms with Crippen molar-refractivity contribution in [2.24, 2.45) is 7.05 Å². The maximum atomic E-state index is 4.31. The molecule has 1 saturated heterocycles. The molecule has 1 aromatic heterocycles. The van der Waals surface area contributed by atoms with Crippen molar-refractivity contribution >= 4 is 0 Å². The first-order valence-corrected chi connectivity index (χ1v) is 5.34. The van der Waals surface area contributed by atoms with Crippen molar-refractivity contribution in [3.8, 4) is 0 Å². The molecule has 3 heteroatoms. The Bertz CT molecular complexity index is 329. The summed E-state index contributed by atoms with van der Waals surface area (Å²) in [6, 6.07) is 1.21. The number of aryl methyl sites for hydroxylation is 1. The topological polar surface area (TPSA) is 29.9 Å². The van der Waals surface area contributed by atoms with E-state index < -0.39 is 0 Å². The highest BCUT2D eigenvalue weighted by atomic mass is 15.3. The maximum Gasteiger partial charge on any atom is 0.0527 e. The van der Waals surface area contributed by atoms with Crippen LogP contribution in [0.2, 0.25) is 0 Å². The van der Waals surface area contributed by atoms with Crippen LogP contribution < -0.4 is 5.32 Å². The van der Waals surface area contributed by atoms with E-state index in [1.807, 2.05) is 17.9 Å². The second-order valence-electron chi connectivity index (χ2n) is 4.51. The zero-order chi connectivity index (χ0) is 10.3. The van der Waals surface area contributed by atoms with E-state index in [2.05, 4.69) is 31.2 Å². The van der Waals surface area contributed by atoms with Gasteiger partial charge in [-0.05, 0) is 32.8 Å². The van der Waals surface area contributed by atoms with Gasteiger partial charge in [0.2, 0.25) is 0 Å². The summed E-state index contributed by atoms with van der Waals surface area (Å²) in [6.45, 7) is 6.67. The fourth-order valence-corrected chi connectivity index (χ4v) is 2.49. The van der Waals surface area contributed by atoms with Gasteiger partial charge in [-0.2, -0.15) is 5.10 Å². The molecule has 0 radical (unpaired) electrons. The molecule has 1 aromatic rings. The lowest BCUT2D eigenvalue weighted by molar-refractivity contribution is 0.573. The summed E-state index contributed by atoms with van der Waals surface area (Å²) in [5, 5.41) is 7.87. The van der Waals surface area contributed by atoms with Crippen LogP contribution in [0.1, 0.15) is 37.4 Å². The molecule has 3 nitrogen and oxygen atoms in total. The molecule has 0 aliphatic carbocycles. The van der Waals surface area contributed by atoms with E-state index in [4.69, 9.17) is 0 Å². The minimum atomic E-state index is 0.577. The molecular formula is C11H19N3. The highest BCUT2D eigenvalue weighted by molar-refractivity contribution is 5.24. The van der Waals surface area contributed by atoms with Crippen molar-refractivity contribution < 1.29 is 0 Å². The molecule has 0 saturated carbocycles. The average molecular weight is 193 g/mol. The normalized spacial score (nSPS) is 32.4. The first-order chi connectivity index (χ1) is 6.59. The maximum absolute atomic E-state index is 4.31. The molecule has 1 aliphatic rings. The highest BCUT2D eigenvalue weighted by Gasteiger charge is 2.31. The van der Waals surface area contributed by atoms with Crippen LogP contribution in [0.5, 0.6) is 0 Å². The van der Waals surface area contributed by atoms with Gasteiger partial charge < -0.3 is 5.32 Å². The summed E-state index contributed by atoms with van der Waals surface area (Å²) in [5.41, 5.74) is 2.72. The van der Waals surface area contributed by atoms with E-state index in [1.54, 1.807) is 0 Å². The lowest BCUT2D eigenvalue weighted by Gasteiger charge is -2.14. The van der Waals surface area contributed by atoms with Gasteiger partial charge in [0.25, 0.3) is 0 Å². The summed E-state index contributed by atoms with van der Waals surface area (Å²) in [5.74, 6) is 0.638. The lowest BCUT2D eigenvalue weighted by atomic mass is 9.92. The van der Waals surface area contributed by atoms with Crippen molar-refractivity contribution in [3.05, 3.63) is 17.5 Å². The average Bonchev–Trinajstić information content (AvgIpc) is 2.59. The van der Waals surface area contributed by atoms with Crippen molar-refractivity contribution in [2.75, 3.05) is 0 Å². The Balaban J connectivity index is 2.27. The predicted molar refractivity (Wildman–Crippen MR) is 57.4 cm³/mol. The molecule has 14 heavy (non-hydrogen) atoms. The zero-order valence-electron chi connectivity index (χ0n) is 9.41. The minimum Gasteiger partial charge on any atom is -0.311 e. The third-order valence-corrected chi connectivity index (χ3v) is 3.43. The number of nitrogens with zero attached hydrogens (tertiary/aromatic N) is 2. The van der Waals surface area contributed by atoms with Crippen LogP contribution in [0.3, 0.4) is 0 Å². The molecule has 0 bridgehead atoms. The summed E-state index contributed by atoms with van der Waals surface area (Å²) < 4.78 is 1.96. The number of rotatable bonds is 1. The number of nitrogens with one attached hydrogen (secondary N) is 1. The number of hydrogen-bond donors (Lipinski definition) is 1. The fourth-order valence-electron chi connectivity index (χ4n) is 2.49. The third kappa shape index (κ3) is 1.46. The van der Waals surface area contributed by atoms with Gasteiger partial charge >= 0.3 is 0 Å². The second kappa shape index (κ2) is 3.39. The Morgan fingerprint density at radius 2 is 2.21 bits per heavy atom. The SMILES string of the molecule is Cc1c(C2CC(C)NC2C)cnn1C. The Labute approximate surface area is 85.5 Å². The van der Waals surface area contributed by atoms with E-state index >= 15 is 0 Å². The summed E-state index contributed by atoms with van der Waals surface area (Å²) in [4.78, 5) is 0. The largest absolute Gasteiger partial charge is 0.311 e. The fraction of sp³-hybridized carbons (Fsp3) is 0.727. The molecule has 78 valence electrons. The molecule has 1 N–H and O–H groups in total. The van der Waals surface area contributed by atoms with E-state index in [-0.39, 0.29) is 0 Å². The molecule has 3 atom stereocenters. The Kier molecular flexibility index (Phi) is 2.35.